The van der Waals surface area contributed by atoms with Crippen LogP contribution in [0.1, 0.15) is 40.0 Å². The molecule has 0 spiro atoms. The zero-order chi connectivity index (χ0) is 17.6. The highest BCUT2D eigenvalue weighted by Gasteiger charge is 2.40. The number of carboxylic acids is 1. The maximum Gasteiger partial charge on any atom is 0.335 e. The maximum atomic E-state index is 12.8. The molecule has 0 radical (unpaired) electrons. The lowest BCUT2D eigenvalue weighted by atomic mass is 9.91. The molecular weight excluding hydrogens is 308 g/mol. The lowest BCUT2D eigenvalue weighted by molar-refractivity contribution is -0.162. The number of aliphatic hydroxyl groups is 1. The fraction of sp³-hybridized carbons (Fsp3) is 0.444. The van der Waals surface area contributed by atoms with Crippen molar-refractivity contribution < 1.29 is 19.8 Å². The van der Waals surface area contributed by atoms with Crippen LogP contribution in [0.3, 0.4) is 0 Å². The second kappa shape index (κ2) is 5.63. The minimum Gasteiger partial charge on any atom is -0.479 e. The van der Waals surface area contributed by atoms with Crippen molar-refractivity contribution in [3.63, 3.8) is 0 Å². The van der Waals surface area contributed by atoms with Crippen molar-refractivity contribution in [1.29, 1.82) is 0 Å². The van der Waals surface area contributed by atoms with Crippen LogP contribution < -0.4 is 0 Å². The molecule has 0 bridgehead atoms. The fourth-order valence-electron chi connectivity index (χ4n) is 3.45. The Morgan fingerprint density at radius 3 is 2.38 bits per heavy atom. The SMILES string of the molecule is Cc1cc(C)c2[nH]c(C(=O)N3CCC(O)(C(=O)O)CC3)c(C)c2c1. The van der Waals surface area contributed by atoms with Crippen LogP contribution in [0.15, 0.2) is 12.1 Å². The summed E-state index contributed by atoms with van der Waals surface area (Å²) in [5, 5.41) is 20.1. The summed E-state index contributed by atoms with van der Waals surface area (Å²) in [5.41, 5.74) is 2.91. The monoisotopic (exact) mass is 330 g/mol. The molecule has 0 atom stereocenters. The molecule has 1 aromatic heterocycles. The summed E-state index contributed by atoms with van der Waals surface area (Å²) < 4.78 is 0. The number of piperidine rings is 1. The van der Waals surface area contributed by atoms with Crippen LogP contribution in [-0.2, 0) is 4.79 Å². The number of aromatic amines is 1. The van der Waals surface area contributed by atoms with Gasteiger partial charge in [-0.2, -0.15) is 0 Å². The van der Waals surface area contributed by atoms with Crippen LogP contribution in [-0.4, -0.2) is 50.7 Å². The average molecular weight is 330 g/mol. The van der Waals surface area contributed by atoms with Gasteiger partial charge in [0.05, 0.1) is 0 Å². The predicted molar refractivity (Wildman–Crippen MR) is 90.2 cm³/mol. The number of benzene rings is 1. The van der Waals surface area contributed by atoms with E-state index in [0.29, 0.717) is 5.69 Å². The van der Waals surface area contributed by atoms with E-state index in [1.54, 1.807) is 4.90 Å². The van der Waals surface area contributed by atoms with Crippen molar-refractivity contribution >= 4 is 22.8 Å². The number of carboxylic acid groups (broad SMARTS) is 1. The first-order valence-electron chi connectivity index (χ1n) is 8.07. The molecule has 0 saturated carbocycles. The van der Waals surface area contributed by atoms with Gasteiger partial charge in [0.25, 0.3) is 5.91 Å². The van der Waals surface area contributed by atoms with Gasteiger partial charge >= 0.3 is 5.97 Å². The van der Waals surface area contributed by atoms with E-state index < -0.39 is 11.6 Å². The van der Waals surface area contributed by atoms with Crippen LogP contribution >= 0.6 is 0 Å². The fourth-order valence-corrected chi connectivity index (χ4v) is 3.45. The quantitative estimate of drug-likeness (QED) is 0.786. The highest BCUT2D eigenvalue weighted by atomic mass is 16.4. The highest BCUT2D eigenvalue weighted by Crippen LogP contribution is 2.28. The number of fused-ring (bicyclic) bond motifs is 1. The number of carbonyl (C=O) groups is 2. The van der Waals surface area contributed by atoms with Crippen LogP contribution in [0.5, 0.6) is 0 Å². The summed E-state index contributed by atoms with van der Waals surface area (Å²) in [6.45, 7) is 6.41. The first-order valence-corrected chi connectivity index (χ1v) is 8.07. The Morgan fingerprint density at radius 2 is 1.79 bits per heavy atom. The first kappa shape index (κ1) is 16.5. The zero-order valence-corrected chi connectivity index (χ0v) is 14.1. The van der Waals surface area contributed by atoms with E-state index in [2.05, 4.69) is 17.1 Å². The van der Waals surface area contributed by atoms with Crippen LogP contribution in [0.2, 0.25) is 0 Å². The number of rotatable bonds is 2. The van der Waals surface area contributed by atoms with E-state index in [1.807, 2.05) is 20.8 Å². The number of H-pyrrole nitrogens is 1. The normalized spacial score (nSPS) is 17.2. The third-order valence-corrected chi connectivity index (χ3v) is 5.00. The summed E-state index contributed by atoms with van der Waals surface area (Å²) in [6.07, 6.45) is 0.0942. The second-order valence-electron chi connectivity index (χ2n) is 6.76. The molecular formula is C18H22N2O4. The number of amides is 1. The summed E-state index contributed by atoms with van der Waals surface area (Å²) in [5.74, 6) is -1.37. The molecule has 6 nitrogen and oxygen atoms in total. The van der Waals surface area contributed by atoms with Gasteiger partial charge in [-0.05, 0) is 38.0 Å². The van der Waals surface area contributed by atoms with Crippen LogP contribution in [0, 0.1) is 20.8 Å². The molecule has 2 heterocycles. The van der Waals surface area contributed by atoms with Gasteiger partial charge in [-0.15, -0.1) is 0 Å². The summed E-state index contributed by atoms with van der Waals surface area (Å²) in [4.78, 5) is 28.8. The van der Waals surface area contributed by atoms with E-state index in [0.717, 1.165) is 27.6 Å². The molecule has 1 fully saturated rings. The van der Waals surface area contributed by atoms with Crippen molar-refractivity contribution in [3.05, 3.63) is 34.5 Å². The molecule has 1 amide bonds. The van der Waals surface area contributed by atoms with Crippen LogP contribution in [0.25, 0.3) is 10.9 Å². The third kappa shape index (κ3) is 2.57. The smallest absolute Gasteiger partial charge is 0.335 e. The molecule has 2 aromatic rings. The average Bonchev–Trinajstić information content (AvgIpc) is 2.85. The zero-order valence-electron chi connectivity index (χ0n) is 14.1. The van der Waals surface area contributed by atoms with E-state index in [4.69, 9.17) is 5.11 Å². The number of aliphatic carboxylic acids is 1. The molecule has 0 aliphatic carbocycles. The number of carbonyl (C=O) groups excluding carboxylic acids is 1. The van der Waals surface area contributed by atoms with Gasteiger partial charge in [-0.25, -0.2) is 4.79 Å². The Bertz CT molecular complexity index is 829. The Labute approximate surface area is 140 Å². The molecule has 1 aromatic carbocycles. The van der Waals surface area contributed by atoms with Gasteiger partial charge in [0.15, 0.2) is 5.60 Å². The maximum absolute atomic E-state index is 12.8. The van der Waals surface area contributed by atoms with E-state index in [9.17, 15) is 14.7 Å². The Kier molecular flexibility index (Phi) is 3.87. The standard InChI is InChI=1S/C18H22N2O4/c1-10-8-11(2)14-13(9-10)12(3)15(19-14)16(21)20-6-4-18(24,5-7-20)17(22)23/h8-9,19,24H,4-7H2,1-3H3,(H,22,23). The van der Waals surface area contributed by atoms with Crippen molar-refractivity contribution in [2.45, 2.75) is 39.2 Å². The number of nitrogens with one attached hydrogen (secondary N) is 1. The number of aryl methyl sites for hydroxylation is 3. The minimum atomic E-state index is -1.72. The lowest BCUT2D eigenvalue weighted by Gasteiger charge is -2.35. The van der Waals surface area contributed by atoms with Crippen molar-refractivity contribution in [2.75, 3.05) is 13.1 Å². The summed E-state index contributed by atoms with van der Waals surface area (Å²) >= 11 is 0. The largest absolute Gasteiger partial charge is 0.479 e. The molecule has 0 unspecified atom stereocenters. The van der Waals surface area contributed by atoms with Crippen molar-refractivity contribution in [3.8, 4) is 0 Å². The van der Waals surface area contributed by atoms with Crippen molar-refractivity contribution in [1.82, 2.24) is 9.88 Å². The predicted octanol–water partition coefficient (Wildman–Crippen LogP) is 2.14. The van der Waals surface area contributed by atoms with Gasteiger partial charge in [-0.3, -0.25) is 4.79 Å². The van der Waals surface area contributed by atoms with Gasteiger partial charge in [-0.1, -0.05) is 11.6 Å². The van der Waals surface area contributed by atoms with Gasteiger partial charge in [0.2, 0.25) is 0 Å². The van der Waals surface area contributed by atoms with E-state index in [1.165, 1.54) is 0 Å². The summed E-state index contributed by atoms with van der Waals surface area (Å²) in [6, 6.07) is 4.13. The number of hydrogen-bond acceptors (Lipinski definition) is 3. The molecule has 1 aliphatic rings. The molecule has 1 saturated heterocycles. The Balaban J connectivity index is 1.89. The molecule has 3 N–H and O–H groups in total. The van der Waals surface area contributed by atoms with Gasteiger partial charge in [0, 0.05) is 36.8 Å². The van der Waals surface area contributed by atoms with E-state index >= 15 is 0 Å². The molecule has 128 valence electrons. The molecule has 6 heteroatoms. The topological polar surface area (TPSA) is 93.6 Å². The Morgan fingerprint density at radius 1 is 1.17 bits per heavy atom. The second-order valence-corrected chi connectivity index (χ2v) is 6.76. The molecule has 3 rings (SSSR count). The lowest BCUT2D eigenvalue weighted by Crippen LogP contribution is -2.51. The molecule has 24 heavy (non-hydrogen) atoms. The van der Waals surface area contributed by atoms with Crippen LogP contribution in [0.4, 0.5) is 0 Å². The van der Waals surface area contributed by atoms with Gasteiger partial charge in [0.1, 0.15) is 5.69 Å². The summed E-state index contributed by atoms with van der Waals surface area (Å²) in [7, 11) is 0. The number of aromatic nitrogens is 1. The minimum absolute atomic E-state index is 0.0471. The molecule has 1 aliphatic heterocycles. The Hall–Kier alpha value is -2.34. The highest BCUT2D eigenvalue weighted by molar-refractivity contribution is 6.01. The number of hydrogen-bond donors (Lipinski definition) is 3. The first-order chi connectivity index (χ1) is 11.2. The van der Waals surface area contributed by atoms with Crippen molar-refractivity contribution in [2.24, 2.45) is 0 Å². The number of nitrogens with zero attached hydrogens (tertiary/aromatic N) is 1. The van der Waals surface area contributed by atoms with Gasteiger partial charge < -0.3 is 20.1 Å². The van der Waals surface area contributed by atoms with E-state index in [-0.39, 0.29) is 31.8 Å². The number of likely N-dealkylation sites (tertiary alicyclic amines) is 1. The third-order valence-electron chi connectivity index (χ3n) is 5.00.